The summed E-state index contributed by atoms with van der Waals surface area (Å²) in [6.45, 7) is 18.3. The van der Waals surface area contributed by atoms with E-state index in [1.165, 1.54) is 22.5 Å². The van der Waals surface area contributed by atoms with Crippen molar-refractivity contribution in [2.45, 2.75) is 62.7 Å². The van der Waals surface area contributed by atoms with E-state index in [0.29, 0.717) is 35.7 Å². The number of anilines is 1. The molecule has 0 aromatic heterocycles. The van der Waals surface area contributed by atoms with Crippen LogP contribution in [0.4, 0.5) is 11.4 Å². The minimum atomic E-state index is -3.80. The zero-order valence-corrected chi connectivity index (χ0v) is 28.9. The second-order valence-electron chi connectivity index (χ2n) is 13.6. The first-order chi connectivity index (χ1) is 22.5. The van der Waals surface area contributed by atoms with Crippen LogP contribution in [-0.2, 0) is 20.7 Å². The van der Waals surface area contributed by atoms with Crippen molar-refractivity contribution in [2.75, 3.05) is 18.0 Å². The Morgan fingerprint density at radius 1 is 0.787 bits per heavy atom. The van der Waals surface area contributed by atoms with Gasteiger partial charge in [0.15, 0.2) is 12.3 Å². The molecule has 4 nitrogen and oxygen atoms in total. The molecule has 3 aliphatic rings. The van der Waals surface area contributed by atoms with Crippen molar-refractivity contribution in [3.8, 4) is 0 Å². The average Bonchev–Trinajstić information content (AvgIpc) is 3.41. The molecule has 0 N–H and O–H groups in total. The first kappa shape index (κ1) is 32.5. The first-order valence-electron chi connectivity index (χ1n) is 16.5. The Morgan fingerprint density at radius 2 is 1.47 bits per heavy atom. The molecular weight excluding hydrogens is 597 g/mol. The van der Waals surface area contributed by atoms with E-state index < -0.39 is 9.84 Å². The SMILES string of the molecule is C=CCN1/C(=C/C=C2\CCCC(/C=C/C3=[N+](CC=C)c4ccccc4C3(C)C)=C2S(=O)(=O)c2ccccc2)C(C)(C)c2ccccc21. The molecule has 0 saturated carbocycles. The normalized spacial score (nSPS) is 20.3. The summed E-state index contributed by atoms with van der Waals surface area (Å²) in [6, 6.07) is 25.8. The lowest BCUT2D eigenvalue weighted by Crippen LogP contribution is -2.27. The Hall–Kier alpha value is -4.48. The summed E-state index contributed by atoms with van der Waals surface area (Å²) in [5, 5.41) is 0. The Morgan fingerprint density at radius 3 is 2.19 bits per heavy atom. The van der Waals surface area contributed by atoms with Crippen LogP contribution in [0.25, 0.3) is 0 Å². The van der Waals surface area contributed by atoms with E-state index in [-0.39, 0.29) is 10.8 Å². The number of para-hydroxylation sites is 2. The molecule has 47 heavy (non-hydrogen) atoms. The minimum absolute atomic E-state index is 0.245. The number of nitrogens with zero attached hydrogens (tertiary/aromatic N) is 2. The van der Waals surface area contributed by atoms with Crippen molar-refractivity contribution in [1.82, 2.24) is 0 Å². The molecule has 0 saturated heterocycles. The van der Waals surface area contributed by atoms with Crippen molar-refractivity contribution in [1.29, 1.82) is 0 Å². The van der Waals surface area contributed by atoms with Crippen LogP contribution in [0.15, 0.2) is 155 Å². The fourth-order valence-corrected chi connectivity index (χ4v) is 9.36. The van der Waals surface area contributed by atoms with E-state index in [4.69, 9.17) is 0 Å². The lowest BCUT2D eigenvalue weighted by atomic mass is 9.81. The maximum atomic E-state index is 14.5. The topological polar surface area (TPSA) is 40.4 Å². The van der Waals surface area contributed by atoms with Crippen LogP contribution < -0.4 is 4.90 Å². The number of allylic oxidation sites excluding steroid dienone is 7. The van der Waals surface area contributed by atoms with E-state index in [1.807, 2.05) is 18.2 Å². The molecule has 3 aromatic rings. The largest absolute Gasteiger partial charge is 0.340 e. The van der Waals surface area contributed by atoms with Crippen molar-refractivity contribution in [3.63, 3.8) is 0 Å². The number of hydrogen-bond acceptors (Lipinski definition) is 3. The minimum Gasteiger partial charge on any atom is -0.340 e. The average molecular weight is 642 g/mol. The number of fused-ring (bicyclic) bond motifs is 2. The van der Waals surface area contributed by atoms with Crippen LogP contribution in [0.2, 0.25) is 0 Å². The standard InChI is InChI=1S/C42H45N2O2S/c1-7-29-43-36-23-14-12-21-34(36)41(3,4)38(43)27-25-31-17-16-18-32(40(31)47(45,46)33-19-10-9-11-20-33)26-28-39-42(5,6)35-22-13-15-24-37(35)44(39)30-8-2/h7-15,19-28H,1-2,16-18,29-30H2,3-6H3/q+1. The number of benzene rings is 3. The lowest BCUT2D eigenvalue weighted by Gasteiger charge is -2.27. The van der Waals surface area contributed by atoms with Gasteiger partial charge in [-0.3, -0.25) is 0 Å². The molecule has 5 heteroatoms. The van der Waals surface area contributed by atoms with E-state index in [2.05, 4.69) is 123 Å². The molecule has 0 amide bonds. The summed E-state index contributed by atoms with van der Waals surface area (Å²) in [5.41, 5.74) is 8.32. The fraction of sp³-hybridized carbons (Fsp3) is 0.262. The predicted molar refractivity (Wildman–Crippen MR) is 196 cm³/mol. The molecule has 3 aromatic carbocycles. The Labute approximate surface area is 281 Å². The molecule has 2 aliphatic heterocycles. The second-order valence-corrected chi connectivity index (χ2v) is 15.5. The summed E-state index contributed by atoms with van der Waals surface area (Å²) in [4.78, 5) is 3.04. The summed E-state index contributed by atoms with van der Waals surface area (Å²) < 4.78 is 31.4. The Balaban J connectivity index is 1.52. The van der Waals surface area contributed by atoms with Crippen LogP contribution >= 0.6 is 0 Å². The van der Waals surface area contributed by atoms with Crippen molar-refractivity contribution >= 4 is 26.9 Å². The van der Waals surface area contributed by atoms with E-state index in [9.17, 15) is 8.42 Å². The fourth-order valence-electron chi connectivity index (χ4n) is 7.58. The molecule has 0 radical (unpaired) electrons. The van der Waals surface area contributed by atoms with Gasteiger partial charge in [-0.15, -0.1) is 6.58 Å². The molecule has 0 atom stereocenters. The Kier molecular flexibility index (Phi) is 8.71. The van der Waals surface area contributed by atoms with Gasteiger partial charge in [-0.05, 0) is 80.2 Å². The zero-order valence-electron chi connectivity index (χ0n) is 28.0. The third kappa shape index (κ3) is 5.61. The van der Waals surface area contributed by atoms with Gasteiger partial charge in [-0.1, -0.05) is 93.3 Å². The molecule has 2 heterocycles. The van der Waals surface area contributed by atoms with Gasteiger partial charge in [-0.25, -0.2) is 8.42 Å². The van der Waals surface area contributed by atoms with Crippen LogP contribution in [0.5, 0.6) is 0 Å². The summed E-state index contributed by atoms with van der Waals surface area (Å²) in [6.07, 6.45) is 14.5. The third-order valence-corrected chi connectivity index (χ3v) is 11.9. The van der Waals surface area contributed by atoms with E-state index in [0.717, 1.165) is 29.0 Å². The highest BCUT2D eigenvalue weighted by molar-refractivity contribution is 7.95. The van der Waals surface area contributed by atoms with Crippen LogP contribution in [0.3, 0.4) is 0 Å². The highest BCUT2D eigenvalue weighted by atomic mass is 32.2. The monoisotopic (exact) mass is 641 g/mol. The van der Waals surface area contributed by atoms with E-state index >= 15 is 0 Å². The highest BCUT2D eigenvalue weighted by Crippen LogP contribution is 2.48. The van der Waals surface area contributed by atoms with E-state index in [1.54, 1.807) is 24.3 Å². The van der Waals surface area contributed by atoms with Gasteiger partial charge in [-0.2, -0.15) is 4.58 Å². The molecule has 6 rings (SSSR count). The number of sulfone groups is 1. The van der Waals surface area contributed by atoms with Crippen LogP contribution in [0.1, 0.15) is 58.1 Å². The quantitative estimate of drug-likeness (QED) is 0.173. The van der Waals surface area contributed by atoms with Crippen LogP contribution in [0, 0.1) is 0 Å². The van der Waals surface area contributed by atoms with Gasteiger partial charge >= 0.3 is 0 Å². The van der Waals surface area contributed by atoms with Gasteiger partial charge in [0.2, 0.25) is 15.5 Å². The molecule has 1 aliphatic carbocycles. The maximum Gasteiger partial charge on any atom is 0.210 e. The molecular formula is C42H45N2O2S+. The zero-order chi connectivity index (χ0) is 33.4. The molecule has 0 unspecified atom stereocenters. The predicted octanol–water partition coefficient (Wildman–Crippen LogP) is 9.51. The maximum absolute atomic E-state index is 14.5. The Bertz CT molecular complexity index is 2000. The van der Waals surface area contributed by atoms with Crippen LogP contribution in [-0.4, -0.2) is 31.8 Å². The van der Waals surface area contributed by atoms with Gasteiger partial charge in [0.25, 0.3) is 0 Å². The molecule has 240 valence electrons. The van der Waals surface area contributed by atoms with Gasteiger partial charge in [0.1, 0.15) is 0 Å². The summed E-state index contributed by atoms with van der Waals surface area (Å²) >= 11 is 0. The summed E-state index contributed by atoms with van der Waals surface area (Å²) in [7, 11) is -3.80. The summed E-state index contributed by atoms with van der Waals surface area (Å²) in [5.74, 6) is 0. The number of rotatable bonds is 9. The molecule has 0 fully saturated rings. The number of hydrogen-bond donors (Lipinski definition) is 0. The highest BCUT2D eigenvalue weighted by Gasteiger charge is 2.44. The lowest BCUT2D eigenvalue weighted by molar-refractivity contribution is -0.425. The molecule has 0 bridgehead atoms. The molecule has 0 spiro atoms. The third-order valence-electron chi connectivity index (χ3n) is 9.90. The first-order valence-corrected chi connectivity index (χ1v) is 18.0. The van der Waals surface area contributed by atoms with Gasteiger partial charge in [0.05, 0.1) is 15.2 Å². The van der Waals surface area contributed by atoms with Crippen molar-refractivity contribution in [3.05, 3.63) is 161 Å². The van der Waals surface area contributed by atoms with Crippen molar-refractivity contribution in [2.24, 2.45) is 0 Å². The van der Waals surface area contributed by atoms with Crippen molar-refractivity contribution < 1.29 is 13.0 Å². The van der Waals surface area contributed by atoms with Gasteiger partial charge in [0, 0.05) is 41.1 Å². The van der Waals surface area contributed by atoms with Gasteiger partial charge < -0.3 is 4.90 Å². The smallest absolute Gasteiger partial charge is 0.210 e. The second kappa shape index (κ2) is 12.6.